The predicted octanol–water partition coefficient (Wildman–Crippen LogP) is 3.02. The van der Waals surface area contributed by atoms with Gasteiger partial charge in [-0.15, -0.1) is 11.3 Å². The number of fused-ring (bicyclic) bond motifs is 1. The van der Waals surface area contributed by atoms with Gasteiger partial charge >= 0.3 is 0 Å². The summed E-state index contributed by atoms with van der Waals surface area (Å²) in [5, 5.41) is 2.67. The van der Waals surface area contributed by atoms with E-state index >= 15 is 0 Å². The minimum absolute atomic E-state index is 0.0290. The van der Waals surface area contributed by atoms with Crippen LogP contribution in [0.5, 0.6) is 11.5 Å². The van der Waals surface area contributed by atoms with Crippen LogP contribution in [0.25, 0.3) is 21.3 Å². The second-order valence-electron chi connectivity index (χ2n) is 6.56. The van der Waals surface area contributed by atoms with Crippen molar-refractivity contribution < 1.29 is 9.47 Å². The smallest absolute Gasteiger partial charge is 0.263 e. The standard InChI is InChI=1S/C19H21N3O3S/c1-21-7-6-13(9-21)22-11-20-18-17(19(22)23)14(10-26-18)12-4-5-15(24-2)16(8-12)25-3/h4-5,8,10-11,13H,6-7,9H2,1-3H3/t13-/m0/s1. The summed E-state index contributed by atoms with van der Waals surface area (Å²) in [6, 6.07) is 5.89. The highest BCUT2D eigenvalue weighted by Gasteiger charge is 2.24. The topological polar surface area (TPSA) is 56.6 Å². The van der Waals surface area contributed by atoms with Crippen LogP contribution in [-0.2, 0) is 0 Å². The van der Waals surface area contributed by atoms with Gasteiger partial charge < -0.3 is 14.4 Å². The largest absolute Gasteiger partial charge is 0.493 e. The average Bonchev–Trinajstić information content (AvgIpc) is 3.28. The molecular weight excluding hydrogens is 350 g/mol. The first-order valence-electron chi connectivity index (χ1n) is 8.51. The van der Waals surface area contributed by atoms with Gasteiger partial charge in [0, 0.05) is 17.5 Å². The number of likely N-dealkylation sites (tertiary alicyclic amines) is 1. The Labute approximate surface area is 155 Å². The van der Waals surface area contributed by atoms with Crippen molar-refractivity contribution in [2.75, 3.05) is 34.4 Å². The molecule has 1 saturated heterocycles. The average molecular weight is 371 g/mol. The number of aromatic nitrogens is 2. The summed E-state index contributed by atoms with van der Waals surface area (Å²) in [6.07, 6.45) is 2.67. The number of hydrogen-bond donors (Lipinski definition) is 0. The number of rotatable bonds is 4. The molecule has 6 nitrogen and oxygen atoms in total. The maximum atomic E-state index is 13.2. The summed E-state index contributed by atoms with van der Waals surface area (Å²) in [7, 11) is 5.30. The van der Waals surface area contributed by atoms with Crippen molar-refractivity contribution in [2.24, 2.45) is 0 Å². The molecule has 0 amide bonds. The summed E-state index contributed by atoms with van der Waals surface area (Å²) in [5.41, 5.74) is 1.85. The van der Waals surface area contributed by atoms with Gasteiger partial charge in [-0.1, -0.05) is 6.07 Å². The highest BCUT2D eigenvalue weighted by molar-refractivity contribution is 7.17. The minimum Gasteiger partial charge on any atom is -0.493 e. The van der Waals surface area contributed by atoms with Crippen molar-refractivity contribution in [2.45, 2.75) is 12.5 Å². The summed E-state index contributed by atoms with van der Waals surface area (Å²) < 4.78 is 12.5. The molecule has 0 unspecified atom stereocenters. The van der Waals surface area contributed by atoms with Crippen LogP contribution in [0.4, 0.5) is 0 Å². The second kappa shape index (κ2) is 6.74. The molecule has 26 heavy (non-hydrogen) atoms. The number of methoxy groups -OCH3 is 2. The fourth-order valence-electron chi connectivity index (χ4n) is 3.56. The van der Waals surface area contributed by atoms with Crippen LogP contribution in [0, 0.1) is 0 Å². The monoisotopic (exact) mass is 371 g/mol. The van der Waals surface area contributed by atoms with Crippen LogP contribution in [-0.4, -0.2) is 48.8 Å². The van der Waals surface area contributed by atoms with Gasteiger partial charge in [-0.05, 0) is 37.7 Å². The van der Waals surface area contributed by atoms with E-state index in [1.54, 1.807) is 25.1 Å². The quantitative estimate of drug-likeness (QED) is 0.706. The molecule has 1 aromatic carbocycles. The van der Waals surface area contributed by atoms with Gasteiger partial charge in [-0.2, -0.15) is 0 Å². The van der Waals surface area contributed by atoms with E-state index in [4.69, 9.17) is 9.47 Å². The van der Waals surface area contributed by atoms with Crippen molar-refractivity contribution in [3.63, 3.8) is 0 Å². The highest BCUT2D eigenvalue weighted by Crippen LogP contribution is 2.36. The van der Waals surface area contributed by atoms with Crippen LogP contribution >= 0.6 is 11.3 Å². The fraction of sp³-hybridized carbons (Fsp3) is 0.368. The van der Waals surface area contributed by atoms with Crippen molar-refractivity contribution >= 4 is 21.6 Å². The molecule has 1 aliphatic heterocycles. The Morgan fingerprint density at radius 1 is 1.23 bits per heavy atom. The number of hydrogen-bond acceptors (Lipinski definition) is 6. The van der Waals surface area contributed by atoms with Crippen LogP contribution in [0.1, 0.15) is 12.5 Å². The Balaban J connectivity index is 1.85. The van der Waals surface area contributed by atoms with Crippen LogP contribution in [0.15, 0.2) is 34.7 Å². The fourth-order valence-corrected chi connectivity index (χ4v) is 4.47. The molecule has 0 spiro atoms. The van der Waals surface area contributed by atoms with Gasteiger partial charge in [0.1, 0.15) is 4.83 Å². The molecule has 0 radical (unpaired) electrons. The lowest BCUT2D eigenvalue weighted by atomic mass is 10.1. The zero-order valence-electron chi connectivity index (χ0n) is 15.1. The first kappa shape index (κ1) is 17.1. The Hall–Kier alpha value is -2.38. The van der Waals surface area contributed by atoms with Crippen LogP contribution in [0.3, 0.4) is 0 Å². The van der Waals surface area contributed by atoms with Crippen molar-refractivity contribution in [3.8, 4) is 22.6 Å². The van der Waals surface area contributed by atoms with Gasteiger partial charge in [0.25, 0.3) is 5.56 Å². The van der Waals surface area contributed by atoms with E-state index in [9.17, 15) is 4.79 Å². The van der Waals surface area contributed by atoms with E-state index in [0.717, 1.165) is 35.5 Å². The third-order valence-corrected chi connectivity index (χ3v) is 5.86. The first-order chi connectivity index (χ1) is 12.6. The van der Waals surface area contributed by atoms with Gasteiger partial charge in [0.2, 0.25) is 0 Å². The maximum Gasteiger partial charge on any atom is 0.263 e. The van der Waals surface area contributed by atoms with Crippen molar-refractivity contribution in [1.29, 1.82) is 0 Å². The SMILES string of the molecule is COc1ccc(-c2csc3ncn([C@H]4CCN(C)C4)c(=O)c23)cc1OC. The maximum absolute atomic E-state index is 13.2. The zero-order chi connectivity index (χ0) is 18.3. The Morgan fingerprint density at radius 2 is 2.04 bits per heavy atom. The lowest BCUT2D eigenvalue weighted by Gasteiger charge is -2.14. The predicted molar refractivity (Wildman–Crippen MR) is 104 cm³/mol. The summed E-state index contributed by atoms with van der Waals surface area (Å²) >= 11 is 1.49. The number of thiophene rings is 1. The van der Waals surface area contributed by atoms with E-state index in [2.05, 4.69) is 16.9 Å². The third kappa shape index (κ3) is 2.77. The van der Waals surface area contributed by atoms with Gasteiger partial charge in [0.05, 0.1) is 32.0 Å². The summed E-state index contributed by atoms with van der Waals surface area (Å²) in [4.78, 5) is 20.8. The van der Waals surface area contributed by atoms with Crippen LogP contribution < -0.4 is 15.0 Å². The van der Waals surface area contributed by atoms with E-state index in [1.807, 2.05) is 23.6 Å². The molecule has 0 saturated carbocycles. The molecule has 1 fully saturated rings. The Kier molecular flexibility index (Phi) is 4.42. The molecular formula is C19H21N3O3S. The van der Waals surface area contributed by atoms with E-state index in [1.165, 1.54) is 11.3 Å². The Bertz CT molecular complexity index is 1010. The molecule has 1 atom stereocenters. The molecule has 3 heterocycles. The van der Waals surface area contributed by atoms with E-state index < -0.39 is 0 Å². The molecule has 0 aliphatic carbocycles. The van der Waals surface area contributed by atoms with E-state index in [-0.39, 0.29) is 11.6 Å². The van der Waals surface area contributed by atoms with Gasteiger partial charge in [-0.25, -0.2) is 4.98 Å². The minimum atomic E-state index is 0.0290. The summed E-state index contributed by atoms with van der Waals surface area (Å²) in [6.45, 7) is 1.88. The molecule has 0 bridgehead atoms. The second-order valence-corrected chi connectivity index (χ2v) is 7.42. The molecule has 7 heteroatoms. The normalized spacial score (nSPS) is 17.7. The molecule has 3 aromatic rings. The molecule has 1 aliphatic rings. The summed E-state index contributed by atoms with van der Waals surface area (Å²) in [5.74, 6) is 1.31. The third-order valence-electron chi connectivity index (χ3n) is 4.97. The van der Waals surface area contributed by atoms with Gasteiger partial charge in [-0.3, -0.25) is 9.36 Å². The number of likely N-dealkylation sites (N-methyl/N-ethyl adjacent to an activating group) is 1. The molecule has 136 valence electrons. The molecule has 2 aromatic heterocycles. The van der Waals surface area contributed by atoms with Crippen LogP contribution in [0.2, 0.25) is 0 Å². The lowest BCUT2D eigenvalue weighted by Crippen LogP contribution is -2.26. The molecule has 0 N–H and O–H groups in total. The number of nitrogens with zero attached hydrogens (tertiary/aromatic N) is 3. The van der Waals surface area contributed by atoms with Crippen molar-refractivity contribution in [1.82, 2.24) is 14.5 Å². The van der Waals surface area contributed by atoms with Gasteiger partial charge in [0.15, 0.2) is 11.5 Å². The van der Waals surface area contributed by atoms with E-state index in [0.29, 0.717) is 16.9 Å². The first-order valence-corrected chi connectivity index (χ1v) is 9.39. The number of benzene rings is 1. The number of ether oxygens (including phenoxy) is 2. The lowest BCUT2D eigenvalue weighted by molar-refractivity contribution is 0.355. The Morgan fingerprint density at radius 3 is 2.73 bits per heavy atom. The molecule has 4 rings (SSSR count). The zero-order valence-corrected chi connectivity index (χ0v) is 15.9. The van der Waals surface area contributed by atoms with Crippen molar-refractivity contribution in [3.05, 3.63) is 40.3 Å². The highest BCUT2D eigenvalue weighted by atomic mass is 32.1.